The highest BCUT2D eigenvalue weighted by molar-refractivity contribution is 7.89. The molecule has 0 aliphatic rings. The second kappa shape index (κ2) is 6.31. The Bertz CT molecular complexity index is 484. The lowest BCUT2D eigenvalue weighted by molar-refractivity contribution is 0.369. The van der Waals surface area contributed by atoms with Gasteiger partial charge in [0.15, 0.2) is 0 Å². The van der Waals surface area contributed by atoms with Crippen LogP contribution in [-0.4, -0.2) is 32.4 Å². The quantitative estimate of drug-likeness (QED) is 0.858. The number of sulfonamides is 1. The van der Waals surface area contributed by atoms with Gasteiger partial charge in [-0.05, 0) is 38.6 Å². The first-order chi connectivity index (χ1) is 8.43. The van der Waals surface area contributed by atoms with Gasteiger partial charge in [-0.1, -0.05) is 19.1 Å². The molecule has 0 atom stereocenters. The van der Waals surface area contributed by atoms with Crippen molar-refractivity contribution >= 4 is 10.0 Å². The molecular formula is C13H22N2O2S. The summed E-state index contributed by atoms with van der Waals surface area (Å²) in [5.74, 6) is 0. The molecule has 0 amide bonds. The molecule has 1 aromatic carbocycles. The fourth-order valence-electron chi connectivity index (χ4n) is 1.97. The van der Waals surface area contributed by atoms with E-state index in [1.165, 1.54) is 4.31 Å². The summed E-state index contributed by atoms with van der Waals surface area (Å²) in [6.45, 7) is 6.78. The van der Waals surface area contributed by atoms with Crippen LogP contribution in [0.1, 0.15) is 26.3 Å². The predicted octanol–water partition coefficient (Wildman–Crippen LogP) is 1.83. The molecule has 0 spiro atoms. The van der Waals surface area contributed by atoms with Crippen LogP contribution in [0.3, 0.4) is 0 Å². The summed E-state index contributed by atoms with van der Waals surface area (Å²) in [5, 5.41) is 3.02. The number of rotatable bonds is 6. The van der Waals surface area contributed by atoms with Gasteiger partial charge in [-0.2, -0.15) is 4.31 Å². The first-order valence-electron chi connectivity index (χ1n) is 6.18. The maximum atomic E-state index is 12.5. The Morgan fingerprint density at radius 2 is 2.00 bits per heavy atom. The van der Waals surface area contributed by atoms with Crippen molar-refractivity contribution < 1.29 is 8.42 Å². The molecule has 0 saturated carbocycles. The Labute approximate surface area is 110 Å². The molecule has 0 fully saturated rings. The molecular weight excluding hydrogens is 248 g/mol. The van der Waals surface area contributed by atoms with Crippen molar-refractivity contribution in [1.82, 2.24) is 9.62 Å². The Hall–Kier alpha value is -0.910. The maximum Gasteiger partial charge on any atom is 0.243 e. The van der Waals surface area contributed by atoms with Gasteiger partial charge in [-0.3, -0.25) is 0 Å². The van der Waals surface area contributed by atoms with Crippen molar-refractivity contribution in [3.05, 3.63) is 29.8 Å². The van der Waals surface area contributed by atoms with E-state index in [2.05, 4.69) is 5.32 Å². The Kier molecular flexibility index (Phi) is 5.31. The van der Waals surface area contributed by atoms with Crippen LogP contribution in [-0.2, 0) is 16.6 Å². The molecule has 0 radical (unpaired) electrons. The lowest BCUT2D eigenvalue weighted by Crippen LogP contribution is -2.36. The van der Waals surface area contributed by atoms with E-state index in [1.54, 1.807) is 18.2 Å². The fraction of sp³-hybridized carbons (Fsp3) is 0.538. The molecule has 0 aromatic heterocycles. The SMILES string of the molecule is CCN(C(C)C)S(=O)(=O)c1cccc(CNC)c1. The smallest absolute Gasteiger partial charge is 0.243 e. The standard InChI is InChI=1S/C13H22N2O2S/c1-5-15(11(2)3)18(16,17)13-8-6-7-12(9-13)10-14-4/h6-9,11,14H,5,10H2,1-4H3. The molecule has 0 saturated heterocycles. The third-order valence-corrected chi connectivity index (χ3v) is 4.92. The number of nitrogens with one attached hydrogen (secondary N) is 1. The zero-order valence-electron chi connectivity index (χ0n) is 11.5. The molecule has 1 aromatic rings. The molecule has 1 N–H and O–H groups in total. The normalized spacial score (nSPS) is 12.3. The largest absolute Gasteiger partial charge is 0.316 e. The average Bonchev–Trinajstić information content (AvgIpc) is 2.29. The second-order valence-corrected chi connectivity index (χ2v) is 6.37. The summed E-state index contributed by atoms with van der Waals surface area (Å²) in [4.78, 5) is 0.366. The lowest BCUT2D eigenvalue weighted by atomic mass is 10.2. The third kappa shape index (κ3) is 3.31. The molecule has 1 rings (SSSR count). The molecule has 0 unspecified atom stereocenters. The van der Waals surface area contributed by atoms with Crippen LogP contribution >= 0.6 is 0 Å². The van der Waals surface area contributed by atoms with E-state index in [-0.39, 0.29) is 6.04 Å². The molecule has 0 aliphatic carbocycles. The summed E-state index contributed by atoms with van der Waals surface area (Å²) >= 11 is 0. The van der Waals surface area contributed by atoms with E-state index in [0.717, 1.165) is 5.56 Å². The van der Waals surface area contributed by atoms with Gasteiger partial charge in [0.2, 0.25) is 10.0 Å². The van der Waals surface area contributed by atoms with E-state index in [9.17, 15) is 8.42 Å². The summed E-state index contributed by atoms with van der Waals surface area (Å²) in [5.41, 5.74) is 0.971. The van der Waals surface area contributed by atoms with Gasteiger partial charge in [0.25, 0.3) is 0 Å². The summed E-state index contributed by atoms with van der Waals surface area (Å²) in [6.07, 6.45) is 0. The van der Waals surface area contributed by atoms with E-state index >= 15 is 0 Å². The molecule has 4 nitrogen and oxygen atoms in total. The van der Waals surface area contributed by atoms with Crippen molar-refractivity contribution in [3.8, 4) is 0 Å². The molecule has 18 heavy (non-hydrogen) atoms. The first kappa shape index (κ1) is 15.1. The molecule has 0 bridgehead atoms. The van der Waals surface area contributed by atoms with Crippen molar-refractivity contribution in [2.45, 2.75) is 38.3 Å². The van der Waals surface area contributed by atoms with Gasteiger partial charge in [0, 0.05) is 19.1 Å². The Balaban J connectivity index is 3.15. The zero-order chi connectivity index (χ0) is 13.8. The molecule has 0 aliphatic heterocycles. The van der Waals surface area contributed by atoms with Crippen molar-refractivity contribution in [3.63, 3.8) is 0 Å². The van der Waals surface area contributed by atoms with Crippen LogP contribution in [0.2, 0.25) is 0 Å². The van der Waals surface area contributed by atoms with Gasteiger partial charge < -0.3 is 5.32 Å². The monoisotopic (exact) mass is 270 g/mol. The summed E-state index contributed by atoms with van der Waals surface area (Å²) in [7, 11) is -1.54. The summed E-state index contributed by atoms with van der Waals surface area (Å²) in [6, 6.07) is 7.05. The minimum Gasteiger partial charge on any atom is -0.316 e. The third-order valence-electron chi connectivity index (χ3n) is 2.77. The van der Waals surface area contributed by atoms with E-state index in [4.69, 9.17) is 0 Å². The van der Waals surface area contributed by atoms with Gasteiger partial charge in [0.05, 0.1) is 4.90 Å². The Morgan fingerprint density at radius 3 is 2.50 bits per heavy atom. The van der Waals surface area contributed by atoms with Gasteiger partial charge in [-0.25, -0.2) is 8.42 Å². The van der Waals surface area contributed by atoms with Gasteiger partial charge in [-0.15, -0.1) is 0 Å². The van der Waals surface area contributed by atoms with Crippen LogP contribution < -0.4 is 5.32 Å². The Morgan fingerprint density at radius 1 is 1.33 bits per heavy atom. The van der Waals surface area contributed by atoms with Crippen molar-refractivity contribution in [2.24, 2.45) is 0 Å². The predicted molar refractivity (Wildman–Crippen MR) is 73.9 cm³/mol. The number of nitrogens with zero attached hydrogens (tertiary/aromatic N) is 1. The second-order valence-electron chi connectivity index (χ2n) is 4.48. The zero-order valence-corrected chi connectivity index (χ0v) is 12.3. The van der Waals surface area contributed by atoms with Gasteiger partial charge >= 0.3 is 0 Å². The average molecular weight is 270 g/mol. The van der Waals surface area contributed by atoms with E-state index in [1.807, 2.05) is 33.9 Å². The van der Waals surface area contributed by atoms with Crippen LogP contribution in [0.5, 0.6) is 0 Å². The number of hydrogen-bond acceptors (Lipinski definition) is 3. The van der Waals surface area contributed by atoms with Crippen molar-refractivity contribution in [1.29, 1.82) is 0 Å². The maximum absolute atomic E-state index is 12.5. The highest BCUT2D eigenvalue weighted by Crippen LogP contribution is 2.19. The molecule has 5 heteroatoms. The number of benzene rings is 1. The molecule has 102 valence electrons. The molecule has 0 heterocycles. The number of hydrogen-bond donors (Lipinski definition) is 1. The van der Waals surface area contributed by atoms with Gasteiger partial charge in [0.1, 0.15) is 0 Å². The van der Waals surface area contributed by atoms with Crippen LogP contribution in [0, 0.1) is 0 Å². The lowest BCUT2D eigenvalue weighted by Gasteiger charge is -2.24. The van der Waals surface area contributed by atoms with Crippen LogP contribution in [0.4, 0.5) is 0 Å². The van der Waals surface area contributed by atoms with Crippen molar-refractivity contribution in [2.75, 3.05) is 13.6 Å². The first-order valence-corrected chi connectivity index (χ1v) is 7.62. The topological polar surface area (TPSA) is 49.4 Å². The minimum atomic E-state index is -3.39. The fourth-order valence-corrected chi connectivity index (χ4v) is 3.68. The van der Waals surface area contributed by atoms with E-state index < -0.39 is 10.0 Å². The summed E-state index contributed by atoms with van der Waals surface area (Å²) < 4.78 is 26.4. The van der Waals surface area contributed by atoms with E-state index in [0.29, 0.717) is 18.0 Å². The minimum absolute atomic E-state index is 0.0343. The highest BCUT2D eigenvalue weighted by atomic mass is 32.2. The highest BCUT2D eigenvalue weighted by Gasteiger charge is 2.25. The van der Waals surface area contributed by atoms with Crippen LogP contribution in [0.25, 0.3) is 0 Å². The van der Waals surface area contributed by atoms with Crippen LogP contribution in [0.15, 0.2) is 29.2 Å².